The summed E-state index contributed by atoms with van der Waals surface area (Å²) >= 11 is 0. The van der Waals surface area contributed by atoms with Crippen molar-refractivity contribution in [3.63, 3.8) is 0 Å². The third-order valence-electron chi connectivity index (χ3n) is 2.15. The van der Waals surface area contributed by atoms with Gasteiger partial charge in [0.05, 0.1) is 12.2 Å². The Hall–Kier alpha value is -1.42. The first-order valence-corrected chi connectivity index (χ1v) is 5.08. The molecule has 0 aromatic carbocycles. The second-order valence-corrected chi connectivity index (χ2v) is 3.46. The molecule has 0 saturated heterocycles. The summed E-state index contributed by atoms with van der Waals surface area (Å²) in [6.07, 6.45) is 2.98. The Bertz CT molecular complexity index is 300. The van der Waals surface area contributed by atoms with Crippen LogP contribution in [0.15, 0.2) is 24.4 Å². The Kier molecular flexibility index (Phi) is 4.77. The lowest BCUT2D eigenvalue weighted by molar-refractivity contribution is -0.130. The van der Waals surface area contributed by atoms with E-state index in [0.717, 1.165) is 12.1 Å². The van der Waals surface area contributed by atoms with E-state index in [1.165, 1.54) is 0 Å². The van der Waals surface area contributed by atoms with Crippen molar-refractivity contribution >= 4 is 5.91 Å². The summed E-state index contributed by atoms with van der Waals surface area (Å²) in [5.74, 6) is 0.117. The molecule has 0 radical (unpaired) electrons. The van der Waals surface area contributed by atoms with Gasteiger partial charge in [0.15, 0.2) is 0 Å². The lowest BCUT2D eigenvalue weighted by atomic mass is 10.2. The highest BCUT2D eigenvalue weighted by atomic mass is 16.2. The summed E-state index contributed by atoms with van der Waals surface area (Å²) in [7, 11) is 1.79. The number of hydrogen-bond donors (Lipinski definition) is 1. The van der Waals surface area contributed by atoms with Crippen LogP contribution in [-0.2, 0) is 11.3 Å². The van der Waals surface area contributed by atoms with Crippen molar-refractivity contribution in [2.24, 2.45) is 5.73 Å². The molecule has 1 amide bonds. The zero-order valence-electron chi connectivity index (χ0n) is 9.02. The Labute approximate surface area is 90.1 Å². The topological polar surface area (TPSA) is 59.2 Å². The zero-order chi connectivity index (χ0) is 11.1. The predicted molar refractivity (Wildman–Crippen MR) is 59.0 cm³/mol. The minimum absolute atomic E-state index is 0.117. The summed E-state index contributed by atoms with van der Waals surface area (Å²) < 4.78 is 0. The molecule has 15 heavy (non-hydrogen) atoms. The van der Waals surface area contributed by atoms with Crippen LogP contribution < -0.4 is 5.73 Å². The summed E-state index contributed by atoms with van der Waals surface area (Å²) in [6.45, 7) is 1.12. The number of aromatic nitrogens is 1. The van der Waals surface area contributed by atoms with Crippen LogP contribution in [0.3, 0.4) is 0 Å². The van der Waals surface area contributed by atoms with Crippen LogP contribution >= 0.6 is 0 Å². The van der Waals surface area contributed by atoms with Gasteiger partial charge in [-0.15, -0.1) is 0 Å². The molecule has 0 aliphatic heterocycles. The Morgan fingerprint density at radius 3 is 2.93 bits per heavy atom. The standard InChI is InChI=1S/C11H17N3O/c1-14(11(15)6-4-7-12)9-10-5-2-3-8-13-10/h2-3,5,8H,4,6-7,9,12H2,1H3. The molecule has 1 aromatic heterocycles. The molecule has 0 aliphatic carbocycles. The van der Waals surface area contributed by atoms with Gasteiger partial charge in [0, 0.05) is 19.7 Å². The van der Waals surface area contributed by atoms with Gasteiger partial charge in [-0.25, -0.2) is 0 Å². The fraction of sp³-hybridized carbons (Fsp3) is 0.455. The van der Waals surface area contributed by atoms with Crippen LogP contribution in [0.25, 0.3) is 0 Å². The fourth-order valence-electron chi connectivity index (χ4n) is 1.27. The van der Waals surface area contributed by atoms with Crippen molar-refractivity contribution in [1.82, 2.24) is 9.88 Å². The van der Waals surface area contributed by atoms with Crippen LogP contribution in [0, 0.1) is 0 Å². The van der Waals surface area contributed by atoms with Crippen molar-refractivity contribution in [3.05, 3.63) is 30.1 Å². The number of amides is 1. The van der Waals surface area contributed by atoms with E-state index in [9.17, 15) is 4.79 Å². The molecule has 1 heterocycles. The summed E-state index contributed by atoms with van der Waals surface area (Å²) in [5, 5.41) is 0. The number of carbonyl (C=O) groups is 1. The van der Waals surface area contributed by atoms with Crippen LogP contribution in [0.4, 0.5) is 0 Å². The number of carbonyl (C=O) groups excluding carboxylic acids is 1. The van der Waals surface area contributed by atoms with Crippen molar-refractivity contribution in [2.45, 2.75) is 19.4 Å². The van der Waals surface area contributed by atoms with E-state index < -0.39 is 0 Å². The van der Waals surface area contributed by atoms with E-state index in [-0.39, 0.29) is 5.91 Å². The summed E-state index contributed by atoms with van der Waals surface area (Å²) in [5.41, 5.74) is 6.25. The van der Waals surface area contributed by atoms with Crippen molar-refractivity contribution in [2.75, 3.05) is 13.6 Å². The van der Waals surface area contributed by atoms with E-state index in [2.05, 4.69) is 4.98 Å². The largest absolute Gasteiger partial charge is 0.340 e. The molecule has 82 valence electrons. The first-order chi connectivity index (χ1) is 7.24. The van der Waals surface area contributed by atoms with Gasteiger partial charge >= 0.3 is 0 Å². The van der Waals surface area contributed by atoms with Gasteiger partial charge in [-0.2, -0.15) is 0 Å². The van der Waals surface area contributed by atoms with Gasteiger partial charge < -0.3 is 10.6 Å². The van der Waals surface area contributed by atoms with E-state index in [0.29, 0.717) is 19.5 Å². The van der Waals surface area contributed by atoms with Crippen LogP contribution in [-0.4, -0.2) is 29.4 Å². The van der Waals surface area contributed by atoms with Gasteiger partial charge in [-0.1, -0.05) is 6.07 Å². The maximum atomic E-state index is 11.5. The first-order valence-electron chi connectivity index (χ1n) is 5.08. The highest BCUT2D eigenvalue weighted by Gasteiger charge is 2.08. The molecule has 1 aromatic rings. The lowest BCUT2D eigenvalue weighted by Crippen LogP contribution is -2.26. The van der Waals surface area contributed by atoms with E-state index in [1.807, 2.05) is 18.2 Å². The van der Waals surface area contributed by atoms with E-state index in [1.54, 1.807) is 18.1 Å². The van der Waals surface area contributed by atoms with Gasteiger partial charge in [0.2, 0.25) is 5.91 Å². The maximum Gasteiger partial charge on any atom is 0.222 e. The summed E-state index contributed by atoms with van der Waals surface area (Å²) in [4.78, 5) is 17.4. The SMILES string of the molecule is CN(Cc1ccccn1)C(=O)CCCN. The van der Waals surface area contributed by atoms with E-state index in [4.69, 9.17) is 5.73 Å². The highest BCUT2D eigenvalue weighted by molar-refractivity contribution is 5.75. The smallest absolute Gasteiger partial charge is 0.222 e. The molecule has 0 bridgehead atoms. The number of nitrogens with two attached hydrogens (primary N) is 1. The van der Waals surface area contributed by atoms with Crippen molar-refractivity contribution in [3.8, 4) is 0 Å². The normalized spacial score (nSPS) is 10.0. The monoisotopic (exact) mass is 207 g/mol. The molecule has 4 nitrogen and oxygen atoms in total. The minimum Gasteiger partial charge on any atom is -0.340 e. The number of pyridine rings is 1. The molecular weight excluding hydrogens is 190 g/mol. The lowest BCUT2D eigenvalue weighted by Gasteiger charge is -2.16. The highest BCUT2D eigenvalue weighted by Crippen LogP contribution is 2.01. The second kappa shape index (κ2) is 6.14. The quantitative estimate of drug-likeness (QED) is 0.776. The van der Waals surface area contributed by atoms with Crippen molar-refractivity contribution < 1.29 is 4.79 Å². The average molecular weight is 207 g/mol. The number of hydrogen-bond acceptors (Lipinski definition) is 3. The Morgan fingerprint density at radius 1 is 1.53 bits per heavy atom. The average Bonchev–Trinajstić information content (AvgIpc) is 2.27. The molecular formula is C11H17N3O. The van der Waals surface area contributed by atoms with Gasteiger partial charge in [0.1, 0.15) is 0 Å². The third kappa shape index (κ3) is 4.08. The molecule has 0 spiro atoms. The van der Waals surface area contributed by atoms with Crippen LogP contribution in [0.2, 0.25) is 0 Å². The zero-order valence-corrected chi connectivity index (χ0v) is 9.02. The Balaban J connectivity index is 2.41. The molecule has 0 aliphatic rings. The molecule has 4 heteroatoms. The molecule has 0 unspecified atom stereocenters. The maximum absolute atomic E-state index is 11.5. The molecule has 1 rings (SSSR count). The van der Waals surface area contributed by atoms with E-state index >= 15 is 0 Å². The first kappa shape index (κ1) is 11.7. The number of nitrogens with zero attached hydrogens (tertiary/aromatic N) is 2. The van der Waals surface area contributed by atoms with Crippen molar-refractivity contribution in [1.29, 1.82) is 0 Å². The third-order valence-corrected chi connectivity index (χ3v) is 2.15. The molecule has 0 fully saturated rings. The molecule has 2 N–H and O–H groups in total. The second-order valence-electron chi connectivity index (χ2n) is 3.46. The number of rotatable bonds is 5. The molecule has 0 atom stereocenters. The fourth-order valence-corrected chi connectivity index (χ4v) is 1.27. The summed E-state index contributed by atoms with van der Waals surface area (Å²) in [6, 6.07) is 5.69. The van der Waals surface area contributed by atoms with Gasteiger partial charge in [0.25, 0.3) is 0 Å². The predicted octanol–water partition coefficient (Wildman–Crippen LogP) is 0.779. The Morgan fingerprint density at radius 2 is 2.33 bits per heavy atom. The van der Waals surface area contributed by atoms with Crippen LogP contribution in [0.1, 0.15) is 18.5 Å². The van der Waals surface area contributed by atoms with Gasteiger partial charge in [-0.3, -0.25) is 9.78 Å². The molecule has 0 saturated carbocycles. The van der Waals surface area contributed by atoms with Gasteiger partial charge in [-0.05, 0) is 25.1 Å². The minimum atomic E-state index is 0.117. The van der Waals surface area contributed by atoms with Crippen LogP contribution in [0.5, 0.6) is 0 Å².